The highest BCUT2D eigenvalue weighted by molar-refractivity contribution is 6.17. The SMILES string of the molecule is CCN(CC(O)c1cccc(O)c1)C(=O)OCCl. The molecule has 18 heavy (non-hydrogen) atoms. The van der Waals surface area contributed by atoms with Crippen LogP contribution in [0.5, 0.6) is 5.75 Å². The van der Waals surface area contributed by atoms with Crippen molar-refractivity contribution in [3.63, 3.8) is 0 Å². The van der Waals surface area contributed by atoms with Crippen LogP contribution in [0.25, 0.3) is 0 Å². The fourth-order valence-corrected chi connectivity index (χ4v) is 1.61. The fourth-order valence-electron chi connectivity index (χ4n) is 1.52. The van der Waals surface area contributed by atoms with E-state index < -0.39 is 12.2 Å². The van der Waals surface area contributed by atoms with Gasteiger partial charge in [-0.15, -0.1) is 0 Å². The Morgan fingerprint density at radius 3 is 2.83 bits per heavy atom. The van der Waals surface area contributed by atoms with Crippen LogP contribution in [0.2, 0.25) is 0 Å². The number of hydrogen-bond donors (Lipinski definition) is 2. The van der Waals surface area contributed by atoms with Gasteiger partial charge in [0.2, 0.25) is 0 Å². The second-order valence-electron chi connectivity index (χ2n) is 3.67. The number of aromatic hydroxyl groups is 1. The molecule has 0 aliphatic carbocycles. The van der Waals surface area contributed by atoms with Crippen LogP contribution < -0.4 is 0 Å². The number of phenolic OH excluding ortho intramolecular Hbond substituents is 1. The van der Waals surface area contributed by atoms with Crippen LogP contribution in [0.3, 0.4) is 0 Å². The summed E-state index contributed by atoms with van der Waals surface area (Å²) in [5.74, 6) is 0.0675. The summed E-state index contributed by atoms with van der Waals surface area (Å²) in [7, 11) is 0. The number of benzene rings is 1. The first kappa shape index (κ1) is 14.6. The number of nitrogens with zero attached hydrogens (tertiary/aromatic N) is 1. The van der Waals surface area contributed by atoms with Crippen molar-refractivity contribution < 1.29 is 19.7 Å². The summed E-state index contributed by atoms with van der Waals surface area (Å²) in [6.45, 7) is 2.24. The topological polar surface area (TPSA) is 70.0 Å². The van der Waals surface area contributed by atoms with E-state index in [-0.39, 0.29) is 18.4 Å². The number of amides is 1. The Hall–Kier alpha value is -1.46. The third-order valence-corrected chi connectivity index (χ3v) is 2.58. The zero-order chi connectivity index (χ0) is 13.5. The second kappa shape index (κ2) is 7.08. The van der Waals surface area contributed by atoms with Gasteiger partial charge in [0, 0.05) is 6.54 Å². The Balaban J connectivity index is 2.67. The van der Waals surface area contributed by atoms with E-state index in [9.17, 15) is 15.0 Å². The first-order valence-electron chi connectivity index (χ1n) is 5.53. The maximum absolute atomic E-state index is 11.5. The highest BCUT2D eigenvalue weighted by atomic mass is 35.5. The van der Waals surface area contributed by atoms with E-state index in [1.165, 1.54) is 17.0 Å². The van der Waals surface area contributed by atoms with E-state index in [2.05, 4.69) is 4.74 Å². The van der Waals surface area contributed by atoms with Crippen molar-refractivity contribution in [3.8, 4) is 5.75 Å². The van der Waals surface area contributed by atoms with Gasteiger partial charge in [0.1, 0.15) is 5.75 Å². The number of alkyl halides is 1. The van der Waals surface area contributed by atoms with Crippen LogP contribution in [-0.2, 0) is 4.74 Å². The molecule has 5 nitrogen and oxygen atoms in total. The molecule has 1 amide bonds. The zero-order valence-electron chi connectivity index (χ0n) is 10.0. The Kier molecular flexibility index (Phi) is 5.74. The van der Waals surface area contributed by atoms with Gasteiger partial charge in [-0.3, -0.25) is 0 Å². The predicted molar refractivity (Wildman–Crippen MR) is 67.5 cm³/mol. The van der Waals surface area contributed by atoms with E-state index in [0.29, 0.717) is 12.1 Å². The predicted octanol–water partition coefficient (Wildman–Crippen LogP) is 2.08. The first-order chi connectivity index (χ1) is 8.58. The van der Waals surface area contributed by atoms with Gasteiger partial charge in [0.05, 0.1) is 12.6 Å². The molecule has 0 fully saturated rings. The molecule has 1 unspecified atom stereocenters. The normalized spacial score (nSPS) is 11.9. The van der Waals surface area contributed by atoms with Crippen molar-refractivity contribution in [2.24, 2.45) is 0 Å². The summed E-state index contributed by atoms with van der Waals surface area (Å²) in [5, 5.41) is 19.3. The number of aliphatic hydroxyl groups excluding tert-OH is 1. The number of carbonyl (C=O) groups is 1. The standard InChI is InChI=1S/C12H16ClNO4/c1-2-14(12(17)18-8-13)7-11(16)9-4-3-5-10(15)6-9/h3-6,11,15-16H,2,7-8H2,1H3. The lowest BCUT2D eigenvalue weighted by Gasteiger charge is -2.23. The molecule has 100 valence electrons. The molecule has 1 rings (SSSR count). The van der Waals surface area contributed by atoms with E-state index in [4.69, 9.17) is 11.6 Å². The molecule has 1 atom stereocenters. The van der Waals surface area contributed by atoms with Gasteiger partial charge < -0.3 is 19.8 Å². The molecule has 1 aromatic carbocycles. The molecular weight excluding hydrogens is 258 g/mol. The van der Waals surface area contributed by atoms with E-state index in [1.54, 1.807) is 19.1 Å². The van der Waals surface area contributed by atoms with Crippen LogP contribution in [0.1, 0.15) is 18.6 Å². The van der Waals surface area contributed by atoms with Crippen molar-refractivity contribution in [1.29, 1.82) is 0 Å². The molecule has 0 aromatic heterocycles. The lowest BCUT2D eigenvalue weighted by molar-refractivity contribution is 0.0842. The van der Waals surface area contributed by atoms with Gasteiger partial charge >= 0.3 is 6.09 Å². The van der Waals surface area contributed by atoms with Crippen molar-refractivity contribution in [1.82, 2.24) is 4.90 Å². The smallest absolute Gasteiger partial charge is 0.411 e. The van der Waals surface area contributed by atoms with Crippen LogP contribution in [0, 0.1) is 0 Å². The molecule has 0 saturated carbocycles. The number of hydrogen-bond acceptors (Lipinski definition) is 4. The molecule has 1 aromatic rings. The summed E-state index contributed by atoms with van der Waals surface area (Å²) in [4.78, 5) is 12.8. The Morgan fingerprint density at radius 1 is 1.56 bits per heavy atom. The van der Waals surface area contributed by atoms with Crippen molar-refractivity contribution >= 4 is 17.7 Å². The van der Waals surface area contributed by atoms with Gasteiger partial charge in [0.15, 0.2) is 6.07 Å². The van der Waals surface area contributed by atoms with Gasteiger partial charge in [-0.05, 0) is 24.6 Å². The second-order valence-corrected chi connectivity index (χ2v) is 3.89. The van der Waals surface area contributed by atoms with E-state index in [0.717, 1.165) is 0 Å². The highest BCUT2D eigenvalue weighted by Crippen LogP contribution is 2.19. The van der Waals surface area contributed by atoms with Crippen molar-refractivity contribution in [2.45, 2.75) is 13.0 Å². The van der Waals surface area contributed by atoms with Gasteiger partial charge in [-0.25, -0.2) is 4.79 Å². The van der Waals surface area contributed by atoms with Crippen molar-refractivity contribution in [2.75, 3.05) is 19.2 Å². The number of aliphatic hydroxyl groups is 1. The number of carbonyl (C=O) groups excluding carboxylic acids is 1. The molecule has 0 saturated heterocycles. The van der Waals surface area contributed by atoms with Crippen LogP contribution >= 0.6 is 11.6 Å². The van der Waals surface area contributed by atoms with Gasteiger partial charge in [-0.2, -0.15) is 0 Å². The Bertz CT molecular complexity index is 399. The maximum Gasteiger partial charge on any atom is 0.411 e. The Morgan fingerprint density at radius 2 is 2.28 bits per heavy atom. The lowest BCUT2D eigenvalue weighted by atomic mass is 10.1. The van der Waals surface area contributed by atoms with Crippen molar-refractivity contribution in [3.05, 3.63) is 29.8 Å². The molecule has 0 radical (unpaired) electrons. The fraction of sp³-hybridized carbons (Fsp3) is 0.417. The molecule has 6 heteroatoms. The van der Waals surface area contributed by atoms with Gasteiger partial charge in [0.25, 0.3) is 0 Å². The Labute approximate surface area is 111 Å². The third kappa shape index (κ3) is 4.09. The summed E-state index contributed by atoms with van der Waals surface area (Å²) in [6, 6.07) is 6.03. The molecular formula is C12H16ClNO4. The molecule has 0 aliphatic heterocycles. The minimum absolute atomic E-state index is 0.0675. The van der Waals surface area contributed by atoms with Crippen LogP contribution in [0.4, 0.5) is 4.79 Å². The number of halogens is 1. The van der Waals surface area contributed by atoms with E-state index >= 15 is 0 Å². The maximum atomic E-state index is 11.5. The third-order valence-electron chi connectivity index (χ3n) is 2.47. The van der Waals surface area contributed by atoms with E-state index in [1.807, 2.05) is 0 Å². The quantitative estimate of drug-likeness (QED) is 0.806. The average molecular weight is 274 g/mol. The minimum Gasteiger partial charge on any atom is -0.508 e. The van der Waals surface area contributed by atoms with Crippen LogP contribution in [0.15, 0.2) is 24.3 Å². The summed E-state index contributed by atoms with van der Waals surface area (Å²) < 4.78 is 4.65. The molecule has 0 heterocycles. The number of likely N-dealkylation sites (N-methyl/N-ethyl adjacent to an activating group) is 1. The molecule has 2 N–H and O–H groups in total. The minimum atomic E-state index is -0.889. The zero-order valence-corrected chi connectivity index (χ0v) is 10.8. The highest BCUT2D eigenvalue weighted by Gasteiger charge is 2.18. The average Bonchev–Trinajstić information content (AvgIpc) is 2.35. The molecule has 0 bridgehead atoms. The molecule has 0 aliphatic rings. The first-order valence-corrected chi connectivity index (χ1v) is 6.06. The summed E-state index contributed by atoms with van der Waals surface area (Å²) in [6.07, 6.45) is -1.47. The summed E-state index contributed by atoms with van der Waals surface area (Å²) >= 11 is 5.31. The summed E-state index contributed by atoms with van der Waals surface area (Å²) in [5.41, 5.74) is 0.534. The molecule has 0 spiro atoms. The number of phenols is 1. The number of ether oxygens (including phenoxy) is 1. The van der Waals surface area contributed by atoms with Gasteiger partial charge in [-0.1, -0.05) is 23.7 Å². The number of rotatable bonds is 5. The monoisotopic (exact) mass is 273 g/mol. The lowest BCUT2D eigenvalue weighted by Crippen LogP contribution is -2.34. The largest absolute Gasteiger partial charge is 0.508 e. The van der Waals surface area contributed by atoms with Crippen LogP contribution in [-0.4, -0.2) is 40.4 Å².